The third-order valence-electron chi connectivity index (χ3n) is 0.870. The second kappa shape index (κ2) is 3.48. The van der Waals surface area contributed by atoms with Crippen LogP contribution in [0.3, 0.4) is 0 Å². The summed E-state index contributed by atoms with van der Waals surface area (Å²) >= 11 is 0. The average molecular weight is 109 g/mol. The van der Waals surface area contributed by atoms with Crippen LogP contribution in [0, 0.1) is 12.0 Å². The van der Waals surface area contributed by atoms with Crippen molar-refractivity contribution in [2.75, 3.05) is 0 Å². The molecule has 8 heavy (non-hydrogen) atoms. The molecule has 0 rings (SSSR count). The standard InChI is InChI=1S/C8H13/c1-5-8(4)6-7(2)3/h5,8H,1H2,2-4H3. The van der Waals surface area contributed by atoms with Crippen LogP contribution in [0.25, 0.3) is 0 Å². The van der Waals surface area contributed by atoms with Crippen molar-refractivity contribution in [3.05, 3.63) is 24.3 Å². The summed E-state index contributed by atoms with van der Waals surface area (Å²) in [7, 11) is 0. The van der Waals surface area contributed by atoms with E-state index in [1.54, 1.807) is 0 Å². The Balaban J connectivity index is 3.68. The van der Waals surface area contributed by atoms with Gasteiger partial charge in [-0.15, -0.1) is 6.58 Å². The maximum absolute atomic E-state index is 3.64. The lowest BCUT2D eigenvalue weighted by atomic mass is 10.1. The molecule has 0 heterocycles. The van der Waals surface area contributed by atoms with Crippen molar-refractivity contribution in [2.24, 2.45) is 5.92 Å². The molecule has 0 saturated carbocycles. The molecule has 0 aromatic rings. The molecule has 1 radical (unpaired) electrons. The van der Waals surface area contributed by atoms with Gasteiger partial charge >= 0.3 is 0 Å². The Hall–Kier alpha value is -0.520. The highest BCUT2D eigenvalue weighted by atomic mass is 13.9. The molecule has 1 atom stereocenters. The fraction of sp³-hybridized carbons (Fsp3) is 0.500. The van der Waals surface area contributed by atoms with Crippen LogP contribution in [0.1, 0.15) is 20.8 Å². The Morgan fingerprint density at radius 3 is 2.25 bits per heavy atom. The minimum Gasteiger partial charge on any atom is -0.102 e. The molecule has 0 saturated heterocycles. The van der Waals surface area contributed by atoms with E-state index < -0.39 is 0 Å². The number of hydrogen-bond acceptors (Lipinski definition) is 0. The molecule has 1 unspecified atom stereocenters. The lowest BCUT2D eigenvalue weighted by Crippen LogP contribution is -1.82. The van der Waals surface area contributed by atoms with Crippen molar-refractivity contribution in [1.82, 2.24) is 0 Å². The zero-order chi connectivity index (χ0) is 6.57. The maximum atomic E-state index is 3.64. The van der Waals surface area contributed by atoms with E-state index in [-0.39, 0.29) is 0 Å². The van der Waals surface area contributed by atoms with Crippen LogP contribution in [-0.4, -0.2) is 0 Å². The third-order valence-corrected chi connectivity index (χ3v) is 0.870. The van der Waals surface area contributed by atoms with Crippen LogP contribution >= 0.6 is 0 Å². The number of allylic oxidation sites excluding steroid dienone is 3. The molecular weight excluding hydrogens is 96.1 g/mol. The first-order valence-electron chi connectivity index (χ1n) is 2.86. The van der Waals surface area contributed by atoms with Crippen LogP contribution in [-0.2, 0) is 0 Å². The van der Waals surface area contributed by atoms with Crippen LogP contribution in [0.5, 0.6) is 0 Å². The van der Waals surface area contributed by atoms with Gasteiger partial charge in [0.1, 0.15) is 0 Å². The minimum absolute atomic E-state index is 0.403. The van der Waals surface area contributed by atoms with Gasteiger partial charge in [0, 0.05) is 0 Å². The summed E-state index contributed by atoms with van der Waals surface area (Å²) in [5.74, 6) is 0.403. The monoisotopic (exact) mass is 109 g/mol. The molecule has 0 aromatic carbocycles. The van der Waals surface area contributed by atoms with Crippen molar-refractivity contribution >= 4 is 0 Å². The molecule has 0 bridgehead atoms. The van der Waals surface area contributed by atoms with Gasteiger partial charge in [0.15, 0.2) is 0 Å². The topological polar surface area (TPSA) is 0 Å². The molecular formula is C8H13. The van der Waals surface area contributed by atoms with E-state index in [1.807, 2.05) is 19.9 Å². The molecule has 0 N–H and O–H groups in total. The van der Waals surface area contributed by atoms with Crippen molar-refractivity contribution in [1.29, 1.82) is 0 Å². The van der Waals surface area contributed by atoms with E-state index in [9.17, 15) is 0 Å². The van der Waals surface area contributed by atoms with Gasteiger partial charge in [-0.1, -0.05) is 18.6 Å². The Kier molecular flexibility index (Phi) is 3.25. The zero-order valence-electron chi connectivity index (χ0n) is 5.86. The lowest BCUT2D eigenvalue weighted by Gasteiger charge is -1.94. The van der Waals surface area contributed by atoms with Crippen molar-refractivity contribution in [3.8, 4) is 0 Å². The Bertz CT molecular complexity index is 94.6. The first kappa shape index (κ1) is 7.48. The summed E-state index contributed by atoms with van der Waals surface area (Å²) < 4.78 is 0. The molecule has 0 spiro atoms. The Morgan fingerprint density at radius 2 is 2.12 bits per heavy atom. The van der Waals surface area contributed by atoms with Gasteiger partial charge in [0.05, 0.1) is 0 Å². The first-order valence-corrected chi connectivity index (χ1v) is 2.86. The summed E-state index contributed by atoms with van der Waals surface area (Å²) in [5.41, 5.74) is 1.23. The summed E-state index contributed by atoms with van der Waals surface area (Å²) in [6.07, 6.45) is 5.07. The highest BCUT2D eigenvalue weighted by Gasteiger charge is 1.86. The highest BCUT2D eigenvalue weighted by Crippen LogP contribution is 1.99. The quantitative estimate of drug-likeness (QED) is 0.478. The summed E-state index contributed by atoms with van der Waals surface area (Å²) in [6, 6.07) is 0. The third kappa shape index (κ3) is 3.66. The Morgan fingerprint density at radius 1 is 1.62 bits per heavy atom. The second-order valence-electron chi connectivity index (χ2n) is 2.17. The first-order chi connectivity index (χ1) is 3.66. The van der Waals surface area contributed by atoms with Crippen molar-refractivity contribution in [2.45, 2.75) is 20.8 Å². The molecule has 0 amide bonds. The van der Waals surface area contributed by atoms with Gasteiger partial charge in [0.2, 0.25) is 0 Å². The number of hydrogen-bond donors (Lipinski definition) is 0. The van der Waals surface area contributed by atoms with Crippen LogP contribution < -0.4 is 0 Å². The summed E-state index contributed by atoms with van der Waals surface area (Å²) in [6.45, 7) is 9.79. The highest BCUT2D eigenvalue weighted by molar-refractivity contribution is 4.94. The zero-order valence-corrected chi connectivity index (χ0v) is 5.86. The molecule has 0 aliphatic heterocycles. The van der Waals surface area contributed by atoms with E-state index in [1.165, 1.54) is 5.57 Å². The molecule has 0 aromatic heterocycles. The molecule has 0 aliphatic rings. The number of rotatable bonds is 2. The van der Waals surface area contributed by atoms with E-state index in [4.69, 9.17) is 0 Å². The van der Waals surface area contributed by atoms with Gasteiger partial charge in [-0.3, -0.25) is 0 Å². The van der Waals surface area contributed by atoms with Gasteiger partial charge in [-0.2, -0.15) is 0 Å². The average Bonchev–Trinajstić information content (AvgIpc) is 1.65. The van der Waals surface area contributed by atoms with Crippen LogP contribution in [0.15, 0.2) is 18.2 Å². The maximum Gasteiger partial charge on any atom is -0.00108 e. The van der Waals surface area contributed by atoms with E-state index in [2.05, 4.69) is 19.6 Å². The van der Waals surface area contributed by atoms with Gasteiger partial charge < -0.3 is 0 Å². The normalized spacial score (nSPS) is 12.4. The van der Waals surface area contributed by atoms with E-state index in [0.717, 1.165) is 0 Å². The predicted molar refractivity (Wildman–Crippen MR) is 37.5 cm³/mol. The second-order valence-corrected chi connectivity index (χ2v) is 2.17. The molecule has 0 aliphatic carbocycles. The summed E-state index contributed by atoms with van der Waals surface area (Å²) in [5, 5.41) is 0. The molecule has 0 fully saturated rings. The molecule has 0 heteroatoms. The van der Waals surface area contributed by atoms with Crippen molar-refractivity contribution in [3.63, 3.8) is 0 Å². The lowest BCUT2D eigenvalue weighted by molar-refractivity contribution is 0.896. The van der Waals surface area contributed by atoms with Gasteiger partial charge in [0.25, 0.3) is 0 Å². The van der Waals surface area contributed by atoms with Crippen LogP contribution in [0.4, 0.5) is 0 Å². The SMILES string of the molecule is C=CC(C)[C]=C(C)C. The predicted octanol–water partition coefficient (Wildman–Crippen LogP) is 2.58. The smallest absolute Gasteiger partial charge is 0.00108 e. The minimum atomic E-state index is 0.403. The van der Waals surface area contributed by atoms with Crippen LogP contribution in [0.2, 0.25) is 0 Å². The van der Waals surface area contributed by atoms with Gasteiger partial charge in [-0.05, 0) is 25.8 Å². The largest absolute Gasteiger partial charge is 0.102 e. The van der Waals surface area contributed by atoms with Gasteiger partial charge in [-0.25, -0.2) is 0 Å². The summed E-state index contributed by atoms with van der Waals surface area (Å²) in [4.78, 5) is 0. The fourth-order valence-electron chi connectivity index (χ4n) is 0.514. The van der Waals surface area contributed by atoms with Crippen molar-refractivity contribution < 1.29 is 0 Å². The molecule has 0 nitrogen and oxygen atoms in total. The van der Waals surface area contributed by atoms with E-state index in [0.29, 0.717) is 5.92 Å². The van der Waals surface area contributed by atoms with E-state index >= 15 is 0 Å². The fourth-order valence-corrected chi connectivity index (χ4v) is 0.514. The Labute approximate surface area is 51.9 Å². The molecule has 45 valence electrons.